The highest BCUT2D eigenvalue weighted by Crippen LogP contribution is 2.26. The molecule has 116 valence electrons. The molecule has 2 rings (SSSR count). The number of nitriles is 1. The normalized spacial score (nSPS) is 11.0. The Bertz CT molecular complexity index is 806. The number of ketones is 1. The monoisotopic (exact) mass is 307 g/mol. The van der Waals surface area contributed by atoms with Crippen LogP contribution in [0.2, 0.25) is 0 Å². The lowest BCUT2D eigenvalue weighted by Gasteiger charge is -2.07. The Hall–Kier alpha value is -3.06. The van der Waals surface area contributed by atoms with E-state index in [0.29, 0.717) is 28.0 Å². The van der Waals surface area contributed by atoms with Gasteiger partial charge in [-0.2, -0.15) is 5.26 Å². The topological polar surface area (TPSA) is 70.3 Å². The van der Waals surface area contributed by atoms with Gasteiger partial charge in [0, 0.05) is 0 Å². The highest BCUT2D eigenvalue weighted by Gasteiger charge is 2.16. The highest BCUT2D eigenvalue weighted by atomic mass is 16.5. The van der Waals surface area contributed by atoms with Crippen LogP contribution in [0.1, 0.15) is 27.0 Å². The minimum absolute atomic E-state index is 0.0130. The van der Waals surface area contributed by atoms with Crippen molar-refractivity contribution >= 4 is 11.9 Å². The first kappa shape index (κ1) is 16.3. The summed E-state index contributed by atoms with van der Waals surface area (Å²) >= 11 is 0. The fourth-order valence-electron chi connectivity index (χ4n) is 2.37. The predicted molar refractivity (Wildman–Crippen MR) is 88.5 cm³/mol. The van der Waals surface area contributed by atoms with Crippen molar-refractivity contribution in [2.75, 3.05) is 7.11 Å². The van der Waals surface area contributed by atoms with Crippen molar-refractivity contribution in [3.63, 3.8) is 0 Å². The number of carbonyl (C=O) groups excluding carboxylic acids is 1. The second-order valence-corrected chi connectivity index (χ2v) is 5.20. The summed E-state index contributed by atoms with van der Waals surface area (Å²) in [5.74, 6) is 0.252. The van der Waals surface area contributed by atoms with E-state index in [1.54, 1.807) is 50.2 Å². The van der Waals surface area contributed by atoms with Crippen molar-refractivity contribution < 1.29 is 14.6 Å². The molecule has 0 radical (unpaired) electrons. The number of Topliss-reactive ketones (excluding diaryl/α,β-unsaturated/α-hetero) is 1. The SMILES string of the molecule is COc1ccccc1C(=O)/C(C#N)=C/c1cc(C)c(O)c(C)c1. The number of aromatic hydroxyl groups is 1. The maximum atomic E-state index is 12.6. The predicted octanol–water partition coefficient (Wildman–Crippen LogP) is 3.81. The van der Waals surface area contributed by atoms with Gasteiger partial charge in [-0.1, -0.05) is 12.1 Å². The number of hydrogen-bond acceptors (Lipinski definition) is 4. The van der Waals surface area contributed by atoms with E-state index in [9.17, 15) is 15.2 Å². The zero-order valence-corrected chi connectivity index (χ0v) is 13.3. The van der Waals surface area contributed by atoms with Gasteiger partial charge in [0.25, 0.3) is 0 Å². The zero-order valence-electron chi connectivity index (χ0n) is 13.3. The molecule has 0 aliphatic carbocycles. The summed E-state index contributed by atoms with van der Waals surface area (Å²) in [6.45, 7) is 3.54. The molecule has 0 aliphatic heterocycles. The fraction of sp³-hybridized carbons (Fsp3) is 0.158. The molecule has 4 heteroatoms. The van der Waals surface area contributed by atoms with Crippen molar-refractivity contribution in [1.29, 1.82) is 5.26 Å². The number of allylic oxidation sites excluding steroid dienone is 1. The first-order valence-electron chi connectivity index (χ1n) is 7.07. The van der Waals surface area contributed by atoms with E-state index in [-0.39, 0.29) is 11.3 Å². The van der Waals surface area contributed by atoms with Crippen molar-refractivity contribution in [3.05, 3.63) is 64.2 Å². The van der Waals surface area contributed by atoms with Gasteiger partial charge in [-0.15, -0.1) is 0 Å². The van der Waals surface area contributed by atoms with E-state index in [2.05, 4.69) is 0 Å². The molecule has 2 aromatic carbocycles. The van der Waals surface area contributed by atoms with Crippen molar-refractivity contribution in [1.82, 2.24) is 0 Å². The number of methoxy groups -OCH3 is 1. The molecular formula is C19H17NO3. The molecule has 0 saturated carbocycles. The molecule has 0 bridgehead atoms. The lowest BCUT2D eigenvalue weighted by Crippen LogP contribution is -2.04. The van der Waals surface area contributed by atoms with Crippen LogP contribution in [-0.2, 0) is 0 Å². The number of rotatable bonds is 4. The van der Waals surface area contributed by atoms with Gasteiger partial charge in [0.2, 0.25) is 5.78 Å². The Balaban J connectivity index is 2.48. The third-order valence-electron chi connectivity index (χ3n) is 3.54. The van der Waals surface area contributed by atoms with Crippen LogP contribution < -0.4 is 4.74 Å². The second-order valence-electron chi connectivity index (χ2n) is 5.20. The molecule has 0 heterocycles. The van der Waals surface area contributed by atoms with Crippen LogP contribution in [0.3, 0.4) is 0 Å². The Morgan fingerprint density at radius 1 is 1.22 bits per heavy atom. The van der Waals surface area contributed by atoms with E-state index in [0.717, 1.165) is 0 Å². The van der Waals surface area contributed by atoms with Gasteiger partial charge in [0.1, 0.15) is 23.1 Å². The number of carbonyl (C=O) groups is 1. The van der Waals surface area contributed by atoms with E-state index in [1.165, 1.54) is 13.2 Å². The number of hydrogen-bond donors (Lipinski definition) is 1. The lowest BCUT2D eigenvalue weighted by atomic mass is 9.99. The van der Waals surface area contributed by atoms with E-state index in [1.807, 2.05) is 6.07 Å². The maximum Gasteiger partial charge on any atom is 0.207 e. The third kappa shape index (κ3) is 3.41. The van der Waals surface area contributed by atoms with Gasteiger partial charge in [0.05, 0.1) is 12.7 Å². The van der Waals surface area contributed by atoms with Crippen LogP contribution in [0.25, 0.3) is 6.08 Å². The summed E-state index contributed by atoms with van der Waals surface area (Å²) in [5.41, 5.74) is 2.43. The van der Waals surface area contributed by atoms with Gasteiger partial charge in [-0.3, -0.25) is 4.79 Å². The van der Waals surface area contributed by atoms with Gasteiger partial charge < -0.3 is 9.84 Å². The van der Waals surface area contributed by atoms with E-state index >= 15 is 0 Å². The third-order valence-corrected chi connectivity index (χ3v) is 3.54. The Morgan fingerprint density at radius 3 is 2.39 bits per heavy atom. The summed E-state index contributed by atoms with van der Waals surface area (Å²) in [4.78, 5) is 12.6. The highest BCUT2D eigenvalue weighted by molar-refractivity contribution is 6.15. The van der Waals surface area contributed by atoms with Crippen LogP contribution in [0.5, 0.6) is 11.5 Å². The number of nitrogens with zero attached hydrogens (tertiary/aromatic N) is 1. The summed E-state index contributed by atoms with van der Waals surface area (Å²) in [5, 5.41) is 19.2. The van der Waals surface area contributed by atoms with Gasteiger partial charge >= 0.3 is 0 Å². The van der Waals surface area contributed by atoms with Gasteiger partial charge in [0.15, 0.2) is 0 Å². The quantitative estimate of drug-likeness (QED) is 0.530. The molecule has 0 aliphatic rings. The molecule has 1 N–H and O–H groups in total. The van der Waals surface area contributed by atoms with Crippen LogP contribution >= 0.6 is 0 Å². The summed E-state index contributed by atoms with van der Waals surface area (Å²) in [7, 11) is 1.48. The van der Waals surface area contributed by atoms with E-state index < -0.39 is 5.78 Å². The van der Waals surface area contributed by atoms with Gasteiger partial charge in [-0.05, 0) is 60.9 Å². The summed E-state index contributed by atoms with van der Waals surface area (Å²) < 4.78 is 5.17. The Labute approximate surface area is 135 Å². The van der Waals surface area contributed by atoms with Crippen molar-refractivity contribution in [3.8, 4) is 17.6 Å². The van der Waals surface area contributed by atoms with Crippen LogP contribution in [0.4, 0.5) is 0 Å². The molecule has 0 aromatic heterocycles. The van der Waals surface area contributed by atoms with Crippen molar-refractivity contribution in [2.45, 2.75) is 13.8 Å². The number of phenols is 1. The zero-order chi connectivity index (χ0) is 17.0. The number of phenolic OH excluding ortho intramolecular Hbond substituents is 1. The summed E-state index contributed by atoms with van der Waals surface area (Å²) in [6.07, 6.45) is 1.52. The largest absolute Gasteiger partial charge is 0.507 e. The summed E-state index contributed by atoms with van der Waals surface area (Å²) in [6, 6.07) is 12.2. The van der Waals surface area contributed by atoms with Crippen LogP contribution in [0, 0.1) is 25.2 Å². The molecule has 0 atom stereocenters. The molecule has 23 heavy (non-hydrogen) atoms. The number of benzene rings is 2. The average Bonchev–Trinajstić information content (AvgIpc) is 2.56. The molecule has 0 unspecified atom stereocenters. The second kappa shape index (κ2) is 6.80. The number of para-hydroxylation sites is 1. The Morgan fingerprint density at radius 2 is 1.83 bits per heavy atom. The minimum Gasteiger partial charge on any atom is -0.507 e. The molecule has 0 fully saturated rings. The molecular weight excluding hydrogens is 290 g/mol. The molecule has 0 spiro atoms. The standard InChI is InChI=1S/C19H17NO3/c1-12-8-14(9-13(2)18(12)21)10-15(11-20)19(22)16-6-4-5-7-17(16)23-3/h4-10,21H,1-3H3/b15-10+. The molecule has 2 aromatic rings. The van der Waals surface area contributed by atoms with Crippen molar-refractivity contribution in [2.24, 2.45) is 0 Å². The van der Waals surface area contributed by atoms with Gasteiger partial charge in [-0.25, -0.2) is 0 Å². The molecule has 0 saturated heterocycles. The van der Waals surface area contributed by atoms with Crippen LogP contribution in [0.15, 0.2) is 42.0 Å². The maximum absolute atomic E-state index is 12.6. The lowest BCUT2D eigenvalue weighted by molar-refractivity contribution is 0.103. The average molecular weight is 307 g/mol. The first-order valence-corrected chi connectivity index (χ1v) is 7.07. The van der Waals surface area contributed by atoms with E-state index in [4.69, 9.17) is 4.74 Å². The Kier molecular flexibility index (Phi) is 4.82. The molecule has 0 amide bonds. The first-order chi connectivity index (χ1) is 11.0. The minimum atomic E-state index is -0.395. The number of aryl methyl sites for hydroxylation is 2. The number of ether oxygens (including phenoxy) is 1. The smallest absolute Gasteiger partial charge is 0.207 e. The molecule has 4 nitrogen and oxygen atoms in total. The fourth-order valence-corrected chi connectivity index (χ4v) is 2.37. The van der Waals surface area contributed by atoms with Crippen LogP contribution in [-0.4, -0.2) is 18.0 Å².